The number of methoxy groups -OCH3 is 4. The smallest absolute Gasteiger partial charge is 0.185 e. The maximum Gasteiger partial charge on any atom is 0.185 e. The summed E-state index contributed by atoms with van der Waals surface area (Å²) in [5.74, 6) is 2.68. The minimum atomic E-state index is 0.0737. The van der Waals surface area contributed by atoms with Gasteiger partial charge in [0.2, 0.25) is 0 Å². The molecular formula is C23H24O5. The molecule has 1 aliphatic rings. The number of hydrogen-bond acceptors (Lipinski definition) is 5. The number of Topliss-reactive ketones (excluding diaryl/α,β-unsaturated/α-hetero) is 1. The molecule has 1 saturated carbocycles. The number of hydrogen-bond donors (Lipinski definition) is 0. The Balaban J connectivity index is 1.85. The summed E-state index contributed by atoms with van der Waals surface area (Å²) in [4.78, 5) is 12.8. The highest BCUT2D eigenvalue weighted by Gasteiger charge is 2.23. The van der Waals surface area contributed by atoms with Gasteiger partial charge in [-0.3, -0.25) is 4.79 Å². The Labute approximate surface area is 165 Å². The SMILES string of the molecule is COc1ccc(/C=C2/CC/C(=C/c3ccc(OC)c(OC)c3)C2=O)cc1OC. The molecule has 0 saturated heterocycles. The van der Waals surface area contributed by atoms with Gasteiger partial charge in [0.25, 0.3) is 0 Å². The van der Waals surface area contributed by atoms with Crippen molar-refractivity contribution in [3.63, 3.8) is 0 Å². The fourth-order valence-corrected chi connectivity index (χ4v) is 3.27. The van der Waals surface area contributed by atoms with E-state index in [2.05, 4.69) is 0 Å². The second-order valence-electron chi connectivity index (χ2n) is 6.40. The number of benzene rings is 2. The Morgan fingerprint density at radius 2 is 1.04 bits per heavy atom. The molecule has 0 N–H and O–H groups in total. The quantitative estimate of drug-likeness (QED) is 0.688. The van der Waals surface area contributed by atoms with Crippen LogP contribution in [0.15, 0.2) is 47.5 Å². The van der Waals surface area contributed by atoms with E-state index in [1.54, 1.807) is 28.4 Å². The predicted molar refractivity (Wildman–Crippen MR) is 109 cm³/mol. The third kappa shape index (κ3) is 4.03. The molecule has 3 rings (SSSR count). The minimum absolute atomic E-state index is 0.0737. The fraction of sp³-hybridized carbons (Fsp3) is 0.261. The Morgan fingerprint density at radius 3 is 1.39 bits per heavy atom. The maximum atomic E-state index is 12.8. The lowest BCUT2D eigenvalue weighted by Crippen LogP contribution is -1.96. The Morgan fingerprint density at radius 1 is 0.643 bits per heavy atom. The van der Waals surface area contributed by atoms with Gasteiger partial charge in [0.1, 0.15) is 0 Å². The average molecular weight is 380 g/mol. The molecule has 0 aromatic heterocycles. The van der Waals surface area contributed by atoms with Gasteiger partial charge in [0.15, 0.2) is 28.8 Å². The predicted octanol–water partition coefficient (Wildman–Crippen LogP) is 4.55. The van der Waals surface area contributed by atoms with E-state index in [0.29, 0.717) is 35.8 Å². The Bertz CT molecular complexity index is 865. The van der Waals surface area contributed by atoms with E-state index in [4.69, 9.17) is 18.9 Å². The van der Waals surface area contributed by atoms with Crippen LogP contribution < -0.4 is 18.9 Å². The maximum absolute atomic E-state index is 12.8. The topological polar surface area (TPSA) is 54.0 Å². The molecule has 0 aliphatic heterocycles. The number of carbonyl (C=O) groups excluding carboxylic acids is 1. The largest absolute Gasteiger partial charge is 0.493 e. The van der Waals surface area contributed by atoms with E-state index >= 15 is 0 Å². The molecule has 0 radical (unpaired) electrons. The monoisotopic (exact) mass is 380 g/mol. The molecule has 1 aliphatic carbocycles. The highest BCUT2D eigenvalue weighted by atomic mass is 16.5. The van der Waals surface area contributed by atoms with E-state index in [0.717, 1.165) is 22.3 Å². The second-order valence-corrected chi connectivity index (χ2v) is 6.40. The molecule has 146 valence electrons. The molecule has 2 aromatic rings. The van der Waals surface area contributed by atoms with Crippen LogP contribution >= 0.6 is 0 Å². The van der Waals surface area contributed by atoms with E-state index in [9.17, 15) is 4.79 Å². The van der Waals surface area contributed by atoms with Crippen LogP contribution in [0.4, 0.5) is 0 Å². The van der Waals surface area contributed by atoms with Crippen LogP contribution in [-0.4, -0.2) is 34.2 Å². The Kier molecular flexibility index (Phi) is 6.04. The molecule has 0 heterocycles. The summed E-state index contributed by atoms with van der Waals surface area (Å²) in [6.07, 6.45) is 5.26. The zero-order valence-corrected chi connectivity index (χ0v) is 16.6. The molecule has 0 atom stereocenters. The van der Waals surface area contributed by atoms with Gasteiger partial charge >= 0.3 is 0 Å². The van der Waals surface area contributed by atoms with Crippen LogP contribution in [0, 0.1) is 0 Å². The van der Waals surface area contributed by atoms with Crippen molar-refractivity contribution in [3.05, 3.63) is 58.7 Å². The summed E-state index contributed by atoms with van der Waals surface area (Å²) in [5, 5.41) is 0. The van der Waals surface area contributed by atoms with Gasteiger partial charge in [-0.15, -0.1) is 0 Å². The highest BCUT2D eigenvalue weighted by Crippen LogP contribution is 2.34. The molecule has 0 bridgehead atoms. The average Bonchev–Trinajstić information content (AvgIpc) is 3.07. The normalized spacial score (nSPS) is 16.5. The number of ether oxygens (including phenoxy) is 4. The summed E-state index contributed by atoms with van der Waals surface area (Å²) in [7, 11) is 6.39. The van der Waals surface area contributed by atoms with Gasteiger partial charge in [-0.1, -0.05) is 12.1 Å². The van der Waals surface area contributed by atoms with Crippen LogP contribution in [0.3, 0.4) is 0 Å². The van der Waals surface area contributed by atoms with E-state index < -0.39 is 0 Å². The van der Waals surface area contributed by atoms with Crippen LogP contribution in [0.1, 0.15) is 24.0 Å². The zero-order valence-electron chi connectivity index (χ0n) is 16.6. The van der Waals surface area contributed by atoms with Gasteiger partial charge in [0.05, 0.1) is 28.4 Å². The van der Waals surface area contributed by atoms with E-state index in [-0.39, 0.29) is 5.78 Å². The standard InChI is InChI=1S/C23H24O5/c1-25-19-9-5-15(13-21(19)27-3)11-17-7-8-18(23(17)24)12-16-6-10-20(26-2)22(14-16)28-4/h5-6,9-14H,7-8H2,1-4H3/b17-11-,18-12-. The molecule has 5 nitrogen and oxygen atoms in total. The lowest BCUT2D eigenvalue weighted by atomic mass is 10.1. The van der Waals surface area contributed by atoms with Crippen LogP contribution in [0.25, 0.3) is 12.2 Å². The van der Waals surface area contributed by atoms with Crippen molar-refractivity contribution in [3.8, 4) is 23.0 Å². The first-order valence-corrected chi connectivity index (χ1v) is 8.99. The fourth-order valence-electron chi connectivity index (χ4n) is 3.27. The van der Waals surface area contributed by atoms with Crippen molar-refractivity contribution in [1.29, 1.82) is 0 Å². The van der Waals surface area contributed by atoms with E-state index in [1.807, 2.05) is 48.6 Å². The van der Waals surface area contributed by atoms with Gasteiger partial charge in [-0.05, 0) is 60.4 Å². The van der Waals surface area contributed by atoms with Gasteiger partial charge in [0, 0.05) is 11.1 Å². The number of carbonyl (C=O) groups is 1. The van der Waals surface area contributed by atoms with Gasteiger partial charge in [-0.2, -0.15) is 0 Å². The number of allylic oxidation sites excluding steroid dienone is 2. The molecular weight excluding hydrogens is 356 g/mol. The molecule has 5 heteroatoms. The summed E-state index contributed by atoms with van der Waals surface area (Å²) in [5.41, 5.74) is 3.40. The van der Waals surface area contributed by atoms with Crippen molar-refractivity contribution in [2.75, 3.05) is 28.4 Å². The zero-order chi connectivity index (χ0) is 20.1. The van der Waals surface area contributed by atoms with Crippen molar-refractivity contribution in [2.45, 2.75) is 12.8 Å². The van der Waals surface area contributed by atoms with Crippen molar-refractivity contribution < 1.29 is 23.7 Å². The van der Waals surface area contributed by atoms with Crippen molar-refractivity contribution >= 4 is 17.9 Å². The summed E-state index contributed by atoms with van der Waals surface area (Å²) in [6.45, 7) is 0. The van der Waals surface area contributed by atoms with Crippen LogP contribution in [0.2, 0.25) is 0 Å². The van der Waals surface area contributed by atoms with Gasteiger partial charge < -0.3 is 18.9 Å². The number of ketones is 1. The van der Waals surface area contributed by atoms with Crippen LogP contribution in [0.5, 0.6) is 23.0 Å². The first-order valence-electron chi connectivity index (χ1n) is 8.99. The third-order valence-electron chi connectivity index (χ3n) is 4.74. The molecule has 1 fully saturated rings. The molecule has 0 amide bonds. The first kappa shape index (κ1) is 19.5. The molecule has 2 aromatic carbocycles. The highest BCUT2D eigenvalue weighted by molar-refractivity contribution is 6.15. The summed E-state index contributed by atoms with van der Waals surface area (Å²) >= 11 is 0. The molecule has 0 spiro atoms. The third-order valence-corrected chi connectivity index (χ3v) is 4.74. The molecule has 0 unspecified atom stereocenters. The van der Waals surface area contributed by atoms with Crippen LogP contribution in [-0.2, 0) is 4.79 Å². The number of rotatable bonds is 6. The lowest BCUT2D eigenvalue weighted by Gasteiger charge is -2.08. The van der Waals surface area contributed by atoms with E-state index in [1.165, 1.54) is 0 Å². The Hall–Kier alpha value is -3.21. The summed E-state index contributed by atoms with van der Waals surface area (Å²) < 4.78 is 21.2. The minimum Gasteiger partial charge on any atom is -0.493 e. The molecule has 28 heavy (non-hydrogen) atoms. The first-order chi connectivity index (χ1) is 13.6. The van der Waals surface area contributed by atoms with Crippen molar-refractivity contribution in [2.24, 2.45) is 0 Å². The van der Waals surface area contributed by atoms with Crippen molar-refractivity contribution in [1.82, 2.24) is 0 Å². The summed E-state index contributed by atoms with van der Waals surface area (Å²) in [6, 6.07) is 11.2. The van der Waals surface area contributed by atoms with Gasteiger partial charge in [-0.25, -0.2) is 0 Å². The second kappa shape index (κ2) is 8.65. The lowest BCUT2D eigenvalue weighted by molar-refractivity contribution is -0.111.